The molecule has 6 heterocycles. The van der Waals surface area contributed by atoms with Gasteiger partial charge in [0.25, 0.3) is 0 Å². The van der Waals surface area contributed by atoms with Crippen LogP contribution in [0.3, 0.4) is 0 Å². The van der Waals surface area contributed by atoms with Crippen LogP contribution in [-0.2, 0) is 36.1 Å². The minimum Gasteiger partial charge on any atom is -0.346 e. The van der Waals surface area contributed by atoms with Crippen molar-refractivity contribution in [1.29, 1.82) is 0 Å². The molecule has 3 atom stereocenters. The molecule has 5 heteroatoms. The van der Waals surface area contributed by atoms with E-state index in [1.165, 1.54) is 91.6 Å². The number of aromatic nitrogens is 2. The van der Waals surface area contributed by atoms with Gasteiger partial charge in [-0.2, -0.15) is 0 Å². The van der Waals surface area contributed by atoms with Gasteiger partial charge in [-0.3, -0.25) is 4.79 Å². The molecule has 2 aromatic carbocycles. The van der Waals surface area contributed by atoms with E-state index in [4.69, 9.17) is 0 Å². The van der Waals surface area contributed by atoms with E-state index < -0.39 is 0 Å². The van der Waals surface area contributed by atoms with Gasteiger partial charge in [-0.05, 0) is 99.9 Å². The molecular weight excluding hydrogens is 540 g/mol. The van der Waals surface area contributed by atoms with E-state index in [-0.39, 0.29) is 11.3 Å². The first-order chi connectivity index (χ1) is 21.5. The second-order valence-electron chi connectivity index (χ2n) is 14.4. The van der Waals surface area contributed by atoms with Crippen molar-refractivity contribution in [2.45, 2.75) is 103 Å². The summed E-state index contributed by atoms with van der Waals surface area (Å²) >= 11 is 0. The highest BCUT2D eigenvalue weighted by Crippen LogP contribution is 2.49. The largest absolute Gasteiger partial charge is 0.346 e. The van der Waals surface area contributed by atoms with Gasteiger partial charge in [0.1, 0.15) is 0 Å². The number of benzene rings is 2. The fourth-order valence-electron chi connectivity index (χ4n) is 9.78. The van der Waals surface area contributed by atoms with Crippen LogP contribution >= 0.6 is 0 Å². The molecule has 1 N–H and O–H groups in total. The Kier molecular flexibility index (Phi) is 7.01. The average molecular weight is 589 g/mol. The summed E-state index contributed by atoms with van der Waals surface area (Å²) in [5.74, 6) is 0.145. The van der Waals surface area contributed by atoms with Gasteiger partial charge in [0.05, 0.1) is 6.54 Å². The van der Waals surface area contributed by atoms with Crippen LogP contribution in [0.4, 0.5) is 5.69 Å². The number of hydrogen-bond acceptors (Lipinski definition) is 2. The van der Waals surface area contributed by atoms with Crippen molar-refractivity contribution in [3.63, 3.8) is 0 Å². The van der Waals surface area contributed by atoms with Gasteiger partial charge < -0.3 is 19.4 Å². The van der Waals surface area contributed by atoms with Gasteiger partial charge in [0.15, 0.2) is 0 Å². The number of para-hydroxylation sites is 2. The molecular formula is C39H48N4O. The molecule has 1 amide bonds. The Bertz CT molecular complexity index is 1730. The fraction of sp³-hybridized carbons (Fsp3) is 0.513. The number of amides is 1. The highest BCUT2D eigenvalue weighted by Gasteiger charge is 2.41. The minimum atomic E-state index is 0.0333. The third-order valence-corrected chi connectivity index (χ3v) is 12.3. The molecule has 1 unspecified atom stereocenters. The summed E-state index contributed by atoms with van der Waals surface area (Å²) in [6, 6.07) is 20.2. The quantitative estimate of drug-likeness (QED) is 0.261. The number of hydrogen-bond donors (Lipinski definition) is 1. The zero-order valence-corrected chi connectivity index (χ0v) is 26.8. The van der Waals surface area contributed by atoms with E-state index in [1.807, 2.05) is 0 Å². The molecule has 0 saturated carbocycles. The molecule has 44 heavy (non-hydrogen) atoms. The van der Waals surface area contributed by atoms with Crippen LogP contribution in [0.15, 0.2) is 54.6 Å². The molecule has 0 spiro atoms. The topological polar surface area (TPSA) is 42.2 Å². The number of rotatable bonds is 4. The van der Waals surface area contributed by atoms with Crippen LogP contribution in [0.5, 0.6) is 0 Å². The SMILES string of the molecule is CC[C@@]12CCCN(CCc3c(n(Cc4cc5c6n4CCC[C@]6(CC)CCC(=O)Nc4ccccc4-5)c4ccccc34)CC1)C2. The number of nitrogens with one attached hydrogen (secondary N) is 1. The summed E-state index contributed by atoms with van der Waals surface area (Å²) in [5, 5.41) is 4.74. The van der Waals surface area contributed by atoms with Crippen LogP contribution < -0.4 is 5.32 Å². The molecule has 0 radical (unpaired) electrons. The van der Waals surface area contributed by atoms with Gasteiger partial charge in [-0.1, -0.05) is 50.2 Å². The standard InChI is InChI=1S/C39H48N4O/c1-3-38-18-9-22-41(27-38)24-17-31-30-12-6-8-14-34(30)43(35(31)15-20-38)26-28-25-32-29-11-5-7-13-33(29)40-36(44)16-21-39(4-2)19-10-23-42(28)37(32)39/h5-8,11-14,25H,3-4,9-10,15-24,26-27H2,1-2H3,(H,40,44)/t38-,39-/m1/s1. The smallest absolute Gasteiger partial charge is 0.224 e. The Morgan fingerprint density at radius 2 is 1.66 bits per heavy atom. The second kappa shape index (κ2) is 10.9. The molecule has 8 rings (SSSR count). The predicted octanol–water partition coefficient (Wildman–Crippen LogP) is 8.31. The molecule has 2 bridgehead atoms. The van der Waals surface area contributed by atoms with E-state index in [9.17, 15) is 4.79 Å². The Morgan fingerprint density at radius 1 is 0.818 bits per heavy atom. The normalized spacial score (nSPS) is 26.6. The molecule has 1 saturated heterocycles. The first kappa shape index (κ1) is 28.2. The summed E-state index contributed by atoms with van der Waals surface area (Å²) in [6.45, 7) is 10.4. The van der Waals surface area contributed by atoms with Crippen LogP contribution in [0.2, 0.25) is 0 Å². The van der Waals surface area contributed by atoms with Gasteiger partial charge >= 0.3 is 0 Å². The molecule has 230 valence electrons. The Balaban J connectivity index is 1.30. The fourth-order valence-corrected chi connectivity index (χ4v) is 9.78. The zero-order chi connectivity index (χ0) is 29.9. The number of fused-ring (bicyclic) bond motifs is 7. The number of carbonyl (C=O) groups is 1. The van der Waals surface area contributed by atoms with E-state index in [0.29, 0.717) is 11.8 Å². The molecule has 5 nitrogen and oxygen atoms in total. The van der Waals surface area contributed by atoms with Crippen LogP contribution in [-0.4, -0.2) is 39.6 Å². The lowest BCUT2D eigenvalue weighted by atomic mass is 9.70. The van der Waals surface area contributed by atoms with Gasteiger partial charge in [0.2, 0.25) is 5.91 Å². The van der Waals surface area contributed by atoms with Crippen molar-refractivity contribution in [2.75, 3.05) is 25.0 Å². The van der Waals surface area contributed by atoms with Crippen molar-refractivity contribution in [1.82, 2.24) is 14.0 Å². The maximum atomic E-state index is 13.1. The lowest BCUT2D eigenvalue weighted by molar-refractivity contribution is -0.116. The first-order valence-electron chi connectivity index (χ1n) is 17.5. The van der Waals surface area contributed by atoms with Crippen LogP contribution in [0.25, 0.3) is 22.0 Å². The van der Waals surface area contributed by atoms with Crippen molar-refractivity contribution in [3.05, 3.63) is 77.2 Å². The lowest BCUT2D eigenvalue weighted by Gasteiger charge is -2.42. The minimum absolute atomic E-state index is 0.0333. The second-order valence-corrected chi connectivity index (χ2v) is 14.4. The molecule has 4 aliphatic rings. The number of carbonyl (C=O) groups excluding carboxylic acids is 1. The summed E-state index contributed by atoms with van der Waals surface area (Å²) in [6.07, 6.45) is 12.5. The maximum Gasteiger partial charge on any atom is 0.224 e. The lowest BCUT2D eigenvalue weighted by Crippen LogP contribution is -2.43. The van der Waals surface area contributed by atoms with E-state index >= 15 is 0 Å². The molecule has 2 aromatic heterocycles. The number of piperidine rings is 1. The maximum absolute atomic E-state index is 13.1. The highest BCUT2D eigenvalue weighted by molar-refractivity contribution is 5.96. The molecule has 4 aromatic rings. The highest BCUT2D eigenvalue weighted by atomic mass is 16.1. The van der Waals surface area contributed by atoms with Crippen molar-refractivity contribution in [3.8, 4) is 11.1 Å². The third kappa shape index (κ3) is 4.49. The number of nitrogens with zero attached hydrogens (tertiary/aromatic N) is 3. The van der Waals surface area contributed by atoms with E-state index in [2.05, 4.69) is 87.8 Å². The Hall–Kier alpha value is -3.31. The summed E-state index contributed by atoms with van der Waals surface area (Å²) in [5.41, 5.74) is 11.4. The van der Waals surface area contributed by atoms with Gasteiger partial charge in [-0.15, -0.1) is 0 Å². The van der Waals surface area contributed by atoms with E-state index in [0.717, 1.165) is 44.5 Å². The van der Waals surface area contributed by atoms with Gasteiger partial charge in [0, 0.05) is 76.3 Å². The van der Waals surface area contributed by atoms with Crippen LogP contribution in [0.1, 0.15) is 94.3 Å². The Labute approximate surface area is 262 Å². The zero-order valence-electron chi connectivity index (χ0n) is 26.8. The first-order valence-corrected chi connectivity index (χ1v) is 17.5. The molecule has 1 fully saturated rings. The van der Waals surface area contributed by atoms with Crippen molar-refractivity contribution in [2.24, 2.45) is 5.41 Å². The average Bonchev–Trinajstić information content (AvgIpc) is 3.59. The van der Waals surface area contributed by atoms with Crippen LogP contribution in [0, 0.1) is 5.41 Å². The van der Waals surface area contributed by atoms with Gasteiger partial charge in [-0.25, -0.2) is 0 Å². The van der Waals surface area contributed by atoms with Crippen molar-refractivity contribution < 1.29 is 4.79 Å². The summed E-state index contributed by atoms with van der Waals surface area (Å²) in [4.78, 5) is 15.8. The number of anilines is 1. The third-order valence-electron chi connectivity index (χ3n) is 12.3. The van der Waals surface area contributed by atoms with Crippen molar-refractivity contribution >= 4 is 22.5 Å². The molecule has 0 aliphatic carbocycles. The predicted molar refractivity (Wildman–Crippen MR) is 180 cm³/mol. The summed E-state index contributed by atoms with van der Waals surface area (Å²) in [7, 11) is 0. The molecule has 4 aliphatic heterocycles. The summed E-state index contributed by atoms with van der Waals surface area (Å²) < 4.78 is 5.41. The Morgan fingerprint density at radius 3 is 2.55 bits per heavy atom. The monoisotopic (exact) mass is 588 g/mol. The van der Waals surface area contributed by atoms with E-state index in [1.54, 1.807) is 11.3 Å².